The smallest absolute Gasteiger partial charge is 0.268 e. The molecule has 5 rings (SSSR count). The number of hydrogen-bond acceptors (Lipinski definition) is 4. The Bertz CT molecular complexity index is 1200. The molecule has 0 N–H and O–H groups in total. The number of anilines is 1. The molecule has 7 heteroatoms. The number of carbonyl (C=O) groups is 2. The second kappa shape index (κ2) is 8.19. The maximum absolute atomic E-state index is 14.0. The van der Waals surface area contributed by atoms with E-state index in [1.54, 1.807) is 41.2 Å². The van der Waals surface area contributed by atoms with E-state index in [1.165, 1.54) is 11.8 Å². The van der Waals surface area contributed by atoms with Gasteiger partial charge < -0.3 is 14.5 Å². The maximum atomic E-state index is 14.0. The molecular weight excluding hydrogens is 444 g/mol. The van der Waals surface area contributed by atoms with Gasteiger partial charge in [0.1, 0.15) is 5.75 Å². The van der Waals surface area contributed by atoms with Crippen molar-refractivity contribution in [3.63, 3.8) is 0 Å². The number of benzene rings is 3. The van der Waals surface area contributed by atoms with Gasteiger partial charge in [-0.2, -0.15) is 0 Å². The van der Waals surface area contributed by atoms with Crippen molar-refractivity contribution < 1.29 is 14.3 Å². The van der Waals surface area contributed by atoms with Gasteiger partial charge in [-0.05, 0) is 48.0 Å². The topological polar surface area (TPSA) is 49.9 Å². The predicted octanol–water partition coefficient (Wildman–Crippen LogP) is 4.94. The number of carbonyl (C=O) groups excluding carboxylic acids is 2. The maximum Gasteiger partial charge on any atom is 0.268 e. The number of halogens is 1. The molecule has 0 bridgehead atoms. The second-order valence-electron chi connectivity index (χ2n) is 7.72. The van der Waals surface area contributed by atoms with Gasteiger partial charge in [-0.1, -0.05) is 41.9 Å². The van der Waals surface area contributed by atoms with Crippen LogP contribution in [-0.2, 0) is 16.2 Å². The van der Waals surface area contributed by atoms with Crippen LogP contribution in [0, 0.1) is 0 Å². The monoisotopic (exact) mass is 464 g/mol. The lowest BCUT2D eigenvalue weighted by Crippen LogP contribution is -2.50. The van der Waals surface area contributed by atoms with Gasteiger partial charge in [-0.3, -0.25) is 9.59 Å². The van der Waals surface area contributed by atoms with Crippen molar-refractivity contribution in [3.8, 4) is 5.75 Å². The van der Waals surface area contributed by atoms with Crippen LogP contribution in [0.25, 0.3) is 0 Å². The predicted molar refractivity (Wildman–Crippen MR) is 127 cm³/mol. The average molecular weight is 465 g/mol. The van der Waals surface area contributed by atoms with Crippen LogP contribution in [0.2, 0.25) is 5.02 Å². The molecule has 0 radical (unpaired) electrons. The van der Waals surface area contributed by atoms with E-state index in [0.717, 1.165) is 22.6 Å². The zero-order chi connectivity index (χ0) is 22.3. The highest BCUT2D eigenvalue weighted by Crippen LogP contribution is 2.54. The zero-order valence-electron chi connectivity index (χ0n) is 17.5. The first-order chi connectivity index (χ1) is 15.5. The van der Waals surface area contributed by atoms with Crippen LogP contribution in [-0.4, -0.2) is 36.1 Å². The second-order valence-corrected chi connectivity index (χ2v) is 9.44. The molecule has 5 nitrogen and oxygen atoms in total. The van der Waals surface area contributed by atoms with Gasteiger partial charge >= 0.3 is 0 Å². The van der Waals surface area contributed by atoms with Crippen LogP contribution in [0.5, 0.6) is 5.75 Å². The van der Waals surface area contributed by atoms with E-state index in [4.69, 9.17) is 16.3 Å². The number of rotatable bonds is 4. The Morgan fingerprint density at radius 3 is 2.66 bits per heavy atom. The summed E-state index contributed by atoms with van der Waals surface area (Å²) < 4.78 is 5.34. The summed E-state index contributed by atoms with van der Waals surface area (Å²) in [5.74, 6) is 1.17. The largest absolute Gasteiger partial charge is 0.497 e. The highest BCUT2D eigenvalue weighted by atomic mass is 35.5. The minimum absolute atomic E-state index is 0.0914. The molecule has 1 saturated heterocycles. The van der Waals surface area contributed by atoms with Gasteiger partial charge in [0, 0.05) is 28.4 Å². The van der Waals surface area contributed by atoms with E-state index < -0.39 is 4.87 Å². The fraction of sp³-hybridized carbons (Fsp3) is 0.200. The number of hydrogen-bond donors (Lipinski definition) is 0. The standard InChI is InChI=1S/C25H21ClN2O3S/c1-31-20-6-4-5-17(15-20)16-27-22-8-3-2-7-21(22)25(24(27)30)28(13-14-32-25)23(29)18-9-11-19(26)12-10-18/h2-12,15H,13-14,16H2,1H3/t25-/m0/s1. The lowest BCUT2D eigenvalue weighted by molar-refractivity contribution is -0.123. The Balaban J connectivity index is 1.55. The highest BCUT2D eigenvalue weighted by molar-refractivity contribution is 8.01. The van der Waals surface area contributed by atoms with E-state index in [0.29, 0.717) is 29.4 Å². The molecule has 0 saturated carbocycles. The molecule has 0 aromatic heterocycles. The summed E-state index contributed by atoms with van der Waals surface area (Å²) in [4.78, 5) is 29.9. The number of ether oxygens (including phenoxy) is 1. The van der Waals surface area contributed by atoms with Crippen LogP contribution in [0.1, 0.15) is 21.5 Å². The van der Waals surface area contributed by atoms with Crippen LogP contribution in [0.3, 0.4) is 0 Å². The fourth-order valence-corrected chi connectivity index (χ4v) is 6.01. The van der Waals surface area contributed by atoms with Crippen molar-refractivity contribution in [3.05, 3.63) is 94.5 Å². The molecule has 2 heterocycles. The van der Waals surface area contributed by atoms with Gasteiger partial charge in [-0.25, -0.2) is 0 Å². The van der Waals surface area contributed by atoms with Crippen molar-refractivity contribution >= 4 is 40.9 Å². The summed E-state index contributed by atoms with van der Waals surface area (Å²) in [5.41, 5.74) is 3.18. The van der Waals surface area contributed by atoms with E-state index in [2.05, 4.69) is 0 Å². The first kappa shape index (κ1) is 20.9. The van der Waals surface area contributed by atoms with Gasteiger partial charge in [0.15, 0.2) is 4.87 Å². The van der Waals surface area contributed by atoms with Gasteiger partial charge in [0.05, 0.1) is 19.3 Å². The lowest BCUT2D eigenvalue weighted by atomic mass is 10.0. The van der Waals surface area contributed by atoms with Gasteiger partial charge in [-0.15, -0.1) is 11.8 Å². The number of methoxy groups -OCH3 is 1. The molecule has 2 aliphatic heterocycles. The molecule has 1 atom stereocenters. The molecular formula is C25H21ClN2O3S. The summed E-state index contributed by atoms with van der Waals surface area (Å²) in [5, 5.41) is 0.568. The number of thioether (sulfide) groups is 1. The summed E-state index contributed by atoms with van der Waals surface area (Å²) in [6.07, 6.45) is 0. The Kier molecular flexibility index (Phi) is 5.35. The molecule has 1 fully saturated rings. The SMILES string of the molecule is COc1cccc(CN2C(=O)[C@@]3(SCCN3C(=O)c3ccc(Cl)cc3)c3ccccc32)c1. The van der Waals surface area contributed by atoms with Crippen molar-refractivity contribution in [2.75, 3.05) is 24.3 Å². The summed E-state index contributed by atoms with van der Waals surface area (Å²) in [7, 11) is 1.62. The molecule has 3 aromatic rings. The van der Waals surface area contributed by atoms with E-state index in [1.807, 2.05) is 48.5 Å². The Morgan fingerprint density at radius 1 is 1.09 bits per heavy atom. The first-order valence-electron chi connectivity index (χ1n) is 10.3. The number of para-hydroxylation sites is 1. The summed E-state index contributed by atoms with van der Waals surface area (Å²) >= 11 is 7.53. The third-order valence-corrected chi connectivity index (χ3v) is 7.58. The molecule has 3 aromatic carbocycles. The quantitative estimate of drug-likeness (QED) is 0.549. The third kappa shape index (κ3) is 3.26. The molecule has 32 heavy (non-hydrogen) atoms. The molecule has 2 amide bonds. The Hall–Kier alpha value is -2.96. The van der Waals surface area contributed by atoms with E-state index in [-0.39, 0.29) is 11.8 Å². The minimum Gasteiger partial charge on any atom is -0.497 e. The lowest BCUT2D eigenvalue weighted by Gasteiger charge is -2.33. The Labute approximate surface area is 195 Å². The van der Waals surface area contributed by atoms with Crippen LogP contribution in [0.15, 0.2) is 72.8 Å². The van der Waals surface area contributed by atoms with Gasteiger partial charge in [0.2, 0.25) is 0 Å². The highest BCUT2D eigenvalue weighted by Gasteiger charge is 2.59. The van der Waals surface area contributed by atoms with Crippen LogP contribution < -0.4 is 9.64 Å². The van der Waals surface area contributed by atoms with Crippen LogP contribution >= 0.6 is 23.4 Å². The van der Waals surface area contributed by atoms with E-state index >= 15 is 0 Å². The number of amides is 2. The summed E-state index contributed by atoms with van der Waals surface area (Å²) in [6.45, 7) is 0.900. The van der Waals surface area contributed by atoms with Crippen molar-refractivity contribution in [2.45, 2.75) is 11.4 Å². The van der Waals surface area contributed by atoms with E-state index in [9.17, 15) is 9.59 Å². The third-order valence-electron chi connectivity index (χ3n) is 5.91. The average Bonchev–Trinajstić information content (AvgIpc) is 3.36. The van der Waals surface area contributed by atoms with Crippen molar-refractivity contribution in [2.24, 2.45) is 0 Å². The fourth-order valence-electron chi connectivity index (χ4n) is 4.43. The van der Waals surface area contributed by atoms with Crippen LogP contribution in [0.4, 0.5) is 5.69 Å². The zero-order valence-corrected chi connectivity index (χ0v) is 19.0. The number of fused-ring (bicyclic) bond motifs is 2. The normalized spacial score (nSPS) is 19.5. The molecule has 0 aliphatic carbocycles. The van der Waals surface area contributed by atoms with Crippen molar-refractivity contribution in [1.82, 2.24) is 4.90 Å². The molecule has 2 aliphatic rings. The summed E-state index contributed by atoms with van der Waals surface area (Å²) in [6, 6.07) is 22.3. The molecule has 0 unspecified atom stereocenters. The first-order valence-corrected chi connectivity index (χ1v) is 11.7. The van der Waals surface area contributed by atoms with Crippen molar-refractivity contribution in [1.29, 1.82) is 0 Å². The Morgan fingerprint density at radius 2 is 1.88 bits per heavy atom. The molecule has 162 valence electrons. The minimum atomic E-state index is -1.06. The number of nitrogens with zero attached hydrogens (tertiary/aromatic N) is 2. The molecule has 1 spiro atoms. The van der Waals surface area contributed by atoms with Gasteiger partial charge in [0.25, 0.3) is 11.8 Å².